The molecule has 0 aliphatic heterocycles. The lowest BCUT2D eigenvalue weighted by Gasteiger charge is -2.08. The fraction of sp³-hybridized carbons (Fsp3) is 0.111. The molecule has 0 spiro atoms. The third kappa shape index (κ3) is 3.69. The summed E-state index contributed by atoms with van der Waals surface area (Å²) in [7, 11) is 0. The van der Waals surface area contributed by atoms with Crippen LogP contribution >= 0.6 is 0 Å². The Morgan fingerprint density at radius 1 is 1.19 bits per heavy atom. The van der Waals surface area contributed by atoms with Gasteiger partial charge in [0.1, 0.15) is 5.69 Å². The number of H-pyrrole nitrogens is 1. The van der Waals surface area contributed by atoms with Gasteiger partial charge in [-0.15, -0.1) is 0 Å². The molecule has 1 heterocycles. The predicted octanol–water partition coefficient (Wildman–Crippen LogP) is 3.18. The lowest BCUT2D eigenvalue weighted by atomic mass is 10.2. The number of nitrogens with one attached hydrogen (secondary N) is 2. The number of nitro groups is 1. The number of hydrogen-bond acceptors (Lipinski definition) is 5. The number of fused-ring (bicyclic) bond motifs is 1. The lowest BCUT2D eigenvalue weighted by molar-refractivity contribution is -0.384. The number of aromatic nitrogens is 1. The van der Waals surface area contributed by atoms with Gasteiger partial charge in [0, 0.05) is 23.0 Å². The maximum absolute atomic E-state index is 12.1. The summed E-state index contributed by atoms with van der Waals surface area (Å²) < 4.78 is 4.99. The second kappa shape index (κ2) is 7.06. The number of carbonyl (C=O) groups is 2. The van der Waals surface area contributed by atoms with Crippen molar-refractivity contribution in [2.75, 3.05) is 11.9 Å². The average Bonchev–Trinajstić information content (AvgIpc) is 3.05. The molecule has 3 rings (SSSR count). The lowest BCUT2D eigenvalue weighted by Crippen LogP contribution is -2.21. The van der Waals surface area contributed by atoms with Crippen LogP contribution in [0.4, 0.5) is 11.4 Å². The Morgan fingerprint density at radius 3 is 2.69 bits per heavy atom. The van der Waals surface area contributed by atoms with Crippen molar-refractivity contribution >= 4 is 34.2 Å². The number of para-hydroxylation sites is 1. The molecule has 0 saturated heterocycles. The summed E-state index contributed by atoms with van der Waals surface area (Å²) in [6, 6.07) is 13.1. The summed E-state index contributed by atoms with van der Waals surface area (Å²) in [5.41, 5.74) is 1.85. The molecule has 0 aliphatic rings. The van der Waals surface area contributed by atoms with E-state index >= 15 is 0 Å². The van der Waals surface area contributed by atoms with E-state index in [4.69, 9.17) is 4.74 Å². The van der Waals surface area contributed by atoms with Crippen LogP contribution in [-0.4, -0.2) is 28.4 Å². The second-order valence-corrected chi connectivity index (χ2v) is 5.65. The van der Waals surface area contributed by atoms with E-state index in [1.807, 2.05) is 24.3 Å². The molecule has 2 N–H and O–H groups in total. The molecule has 0 aliphatic carbocycles. The summed E-state index contributed by atoms with van der Waals surface area (Å²) in [6.07, 6.45) is 0. The van der Waals surface area contributed by atoms with Gasteiger partial charge in [-0.25, -0.2) is 4.79 Å². The van der Waals surface area contributed by atoms with Crippen molar-refractivity contribution in [3.63, 3.8) is 0 Å². The van der Waals surface area contributed by atoms with Gasteiger partial charge in [-0.3, -0.25) is 14.9 Å². The molecule has 2 aromatic carbocycles. The first-order valence-electron chi connectivity index (χ1n) is 7.74. The smallest absolute Gasteiger partial charge is 0.355 e. The van der Waals surface area contributed by atoms with Crippen LogP contribution in [0.2, 0.25) is 0 Å². The molecule has 0 radical (unpaired) electrons. The summed E-state index contributed by atoms with van der Waals surface area (Å²) in [5.74, 6) is -1.25. The molecule has 26 heavy (non-hydrogen) atoms. The van der Waals surface area contributed by atoms with E-state index in [9.17, 15) is 19.7 Å². The maximum atomic E-state index is 12.1. The standard InChI is InChI=1S/C18H15N3O5/c1-11-6-7-13(21(24)25)9-15(11)20-17(22)10-26-18(23)16-8-12-4-2-3-5-14(12)19-16/h2-9,19H,10H2,1H3,(H,20,22). The number of aryl methyl sites for hydroxylation is 1. The Bertz CT molecular complexity index is 976. The van der Waals surface area contributed by atoms with Gasteiger partial charge in [0.05, 0.1) is 10.6 Å². The number of anilines is 1. The highest BCUT2D eigenvalue weighted by atomic mass is 16.6. The van der Waals surface area contributed by atoms with Crippen molar-refractivity contribution in [3.8, 4) is 0 Å². The molecule has 8 heteroatoms. The van der Waals surface area contributed by atoms with Gasteiger partial charge in [-0.2, -0.15) is 0 Å². The molecule has 132 valence electrons. The number of esters is 1. The van der Waals surface area contributed by atoms with Crippen LogP contribution in [0.15, 0.2) is 48.5 Å². The minimum atomic E-state index is -0.660. The van der Waals surface area contributed by atoms with Gasteiger partial charge < -0.3 is 15.0 Å². The molecular formula is C18H15N3O5. The van der Waals surface area contributed by atoms with E-state index < -0.39 is 23.4 Å². The average molecular weight is 353 g/mol. The van der Waals surface area contributed by atoms with Crippen LogP contribution in [0.25, 0.3) is 10.9 Å². The van der Waals surface area contributed by atoms with Crippen molar-refractivity contribution in [1.29, 1.82) is 0 Å². The number of carbonyl (C=O) groups excluding carboxylic acids is 2. The molecular weight excluding hydrogens is 338 g/mol. The number of benzene rings is 2. The molecule has 1 aromatic heterocycles. The Kier molecular flexibility index (Phi) is 4.66. The van der Waals surface area contributed by atoms with E-state index in [0.717, 1.165) is 10.9 Å². The van der Waals surface area contributed by atoms with E-state index in [1.165, 1.54) is 18.2 Å². The topological polar surface area (TPSA) is 114 Å². The number of aromatic amines is 1. The molecule has 1 amide bonds. The van der Waals surface area contributed by atoms with E-state index in [2.05, 4.69) is 10.3 Å². The van der Waals surface area contributed by atoms with Crippen molar-refractivity contribution < 1.29 is 19.2 Å². The van der Waals surface area contributed by atoms with Crippen LogP contribution in [-0.2, 0) is 9.53 Å². The van der Waals surface area contributed by atoms with Crippen LogP contribution in [0.5, 0.6) is 0 Å². The quantitative estimate of drug-likeness (QED) is 0.415. The highest BCUT2D eigenvalue weighted by molar-refractivity contribution is 5.98. The summed E-state index contributed by atoms with van der Waals surface area (Å²) in [6.45, 7) is 1.20. The molecule has 3 aromatic rings. The number of ether oxygens (including phenoxy) is 1. The maximum Gasteiger partial charge on any atom is 0.355 e. The largest absolute Gasteiger partial charge is 0.451 e. The molecule has 0 fully saturated rings. The SMILES string of the molecule is Cc1ccc([N+](=O)[O-])cc1NC(=O)COC(=O)c1cc2ccccc2[nH]1. The Morgan fingerprint density at radius 2 is 1.96 bits per heavy atom. The monoisotopic (exact) mass is 353 g/mol. The van der Waals surface area contributed by atoms with Crippen molar-refractivity contribution in [2.45, 2.75) is 6.92 Å². The molecule has 0 bridgehead atoms. The van der Waals surface area contributed by atoms with Crippen molar-refractivity contribution in [3.05, 3.63) is 69.9 Å². The van der Waals surface area contributed by atoms with Gasteiger partial charge in [0.25, 0.3) is 11.6 Å². The summed E-state index contributed by atoms with van der Waals surface area (Å²) >= 11 is 0. The summed E-state index contributed by atoms with van der Waals surface area (Å²) in [4.78, 5) is 37.2. The Balaban J connectivity index is 1.62. The minimum absolute atomic E-state index is 0.138. The summed E-state index contributed by atoms with van der Waals surface area (Å²) in [5, 5.41) is 14.2. The first kappa shape index (κ1) is 17.2. The third-order valence-corrected chi connectivity index (χ3v) is 3.79. The van der Waals surface area contributed by atoms with Crippen LogP contribution in [0.1, 0.15) is 16.1 Å². The minimum Gasteiger partial charge on any atom is -0.451 e. The van der Waals surface area contributed by atoms with Gasteiger partial charge in [0.2, 0.25) is 0 Å². The number of nitro benzene ring substituents is 1. The zero-order valence-electron chi connectivity index (χ0n) is 13.8. The highest BCUT2D eigenvalue weighted by Gasteiger charge is 2.15. The van der Waals surface area contributed by atoms with Crippen LogP contribution in [0, 0.1) is 17.0 Å². The highest BCUT2D eigenvalue weighted by Crippen LogP contribution is 2.21. The van der Waals surface area contributed by atoms with Gasteiger partial charge in [0.15, 0.2) is 6.61 Å². The fourth-order valence-corrected chi connectivity index (χ4v) is 2.44. The van der Waals surface area contributed by atoms with Crippen LogP contribution < -0.4 is 5.32 Å². The normalized spacial score (nSPS) is 10.5. The fourth-order valence-electron chi connectivity index (χ4n) is 2.44. The predicted molar refractivity (Wildman–Crippen MR) is 95.0 cm³/mol. The third-order valence-electron chi connectivity index (χ3n) is 3.79. The van der Waals surface area contributed by atoms with E-state index in [-0.39, 0.29) is 11.4 Å². The van der Waals surface area contributed by atoms with Gasteiger partial charge in [-0.1, -0.05) is 24.3 Å². The number of hydrogen-bond donors (Lipinski definition) is 2. The zero-order valence-corrected chi connectivity index (χ0v) is 13.8. The molecule has 0 atom stereocenters. The molecule has 0 unspecified atom stereocenters. The van der Waals surface area contributed by atoms with E-state index in [0.29, 0.717) is 11.3 Å². The number of non-ortho nitro benzene ring substituents is 1. The van der Waals surface area contributed by atoms with E-state index in [1.54, 1.807) is 13.0 Å². The first-order valence-corrected chi connectivity index (χ1v) is 7.74. The molecule has 0 saturated carbocycles. The Labute approximate surface area is 147 Å². The number of amides is 1. The van der Waals surface area contributed by atoms with Crippen LogP contribution in [0.3, 0.4) is 0 Å². The number of nitrogens with zero attached hydrogens (tertiary/aromatic N) is 1. The zero-order chi connectivity index (χ0) is 18.7. The number of rotatable bonds is 5. The first-order chi connectivity index (χ1) is 12.4. The van der Waals surface area contributed by atoms with Gasteiger partial charge in [-0.05, 0) is 24.6 Å². The van der Waals surface area contributed by atoms with Crippen molar-refractivity contribution in [1.82, 2.24) is 4.98 Å². The van der Waals surface area contributed by atoms with Gasteiger partial charge >= 0.3 is 5.97 Å². The second-order valence-electron chi connectivity index (χ2n) is 5.65. The Hall–Kier alpha value is -3.68. The van der Waals surface area contributed by atoms with Crippen molar-refractivity contribution in [2.24, 2.45) is 0 Å². The molecule has 8 nitrogen and oxygen atoms in total.